The first-order valence-corrected chi connectivity index (χ1v) is 11.8. The molecule has 1 saturated carbocycles. The molecule has 0 radical (unpaired) electrons. The minimum atomic E-state index is -2.66. The van der Waals surface area contributed by atoms with E-state index in [0.29, 0.717) is 16.8 Å². The predicted octanol–water partition coefficient (Wildman–Crippen LogP) is 1.33. The summed E-state index contributed by atoms with van der Waals surface area (Å²) in [7, 11) is 3.12. The number of fused-ring (bicyclic) bond motifs is 3. The summed E-state index contributed by atoms with van der Waals surface area (Å²) in [5.41, 5.74) is 4.34. The number of aliphatic hydroxyl groups is 3. The van der Waals surface area contributed by atoms with E-state index in [1.54, 1.807) is 26.2 Å². The highest BCUT2D eigenvalue weighted by atomic mass is 16.3. The number of Topliss-reactive ketones (excluding diaryl/α,β-unsaturated/α-hetero) is 2. The first-order chi connectivity index (χ1) is 17.4. The van der Waals surface area contributed by atoms with Gasteiger partial charge in [-0.05, 0) is 69.6 Å². The van der Waals surface area contributed by atoms with Crippen LogP contribution in [-0.2, 0) is 20.8 Å². The number of amides is 1. The Morgan fingerprint density at radius 2 is 1.84 bits per heavy atom. The Morgan fingerprint density at radius 1 is 1.14 bits per heavy atom. The van der Waals surface area contributed by atoms with Crippen LogP contribution in [0.5, 0.6) is 5.75 Å². The predicted molar refractivity (Wildman–Crippen MR) is 132 cm³/mol. The summed E-state index contributed by atoms with van der Waals surface area (Å²) in [6, 6.07) is 7.44. The van der Waals surface area contributed by atoms with E-state index < -0.39 is 58.0 Å². The number of nitrogens with zero attached hydrogens (tertiary/aromatic N) is 2. The third-order valence-corrected chi connectivity index (χ3v) is 7.77. The molecule has 37 heavy (non-hydrogen) atoms. The Balaban J connectivity index is 1.75. The topological polar surface area (TPSA) is 174 Å². The van der Waals surface area contributed by atoms with Gasteiger partial charge in [0, 0.05) is 22.7 Å². The fourth-order valence-corrected chi connectivity index (χ4v) is 6.18. The number of benzene rings is 1. The van der Waals surface area contributed by atoms with Gasteiger partial charge in [-0.25, -0.2) is 0 Å². The van der Waals surface area contributed by atoms with Crippen molar-refractivity contribution in [2.24, 2.45) is 17.6 Å². The van der Waals surface area contributed by atoms with Gasteiger partial charge in [0.2, 0.25) is 5.78 Å². The van der Waals surface area contributed by atoms with Crippen molar-refractivity contribution >= 4 is 23.2 Å². The first kappa shape index (κ1) is 24.7. The number of aliphatic hydroxyl groups excluding tert-OH is 2. The average molecular weight is 506 g/mol. The van der Waals surface area contributed by atoms with Crippen LogP contribution in [0.25, 0.3) is 17.0 Å². The minimum Gasteiger partial charge on any atom is -0.508 e. The van der Waals surface area contributed by atoms with Gasteiger partial charge in [-0.1, -0.05) is 6.07 Å². The monoisotopic (exact) mass is 505 g/mol. The lowest BCUT2D eigenvalue weighted by atomic mass is 9.57. The molecule has 1 aromatic carbocycles. The average Bonchev–Trinajstić information content (AvgIpc) is 2.81. The molecule has 1 amide bonds. The van der Waals surface area contributed by atoms with Gasteiger partial charge in [0.25, 0.3) is 5.91 Å². The summed E-state index contributed by atoms with van der Waals surface area (Å²) in [5, 5.41) is 44.6. The summed E-state index contributed by atoms with van der Waals surface area (Å²) in [6.45, 7) is 1.84. The van der Waals surface area contributed by atoms with Crippen molar-refractivity contribution in [2.45, 2.75) is 31.4 Å². The van der Waals surface area contributed by atoms with Gasteiger partial charge in [-0.15, -0.1) is 0 Å². The van der Waals surface area contributed by atoms with Crippen molar-refractivity contribution in [2.75, 3.05) is 14.1 Å². The van der Waals surface area contributed by atoms with Gasteiger partial charge >= 0.3 is 0 Å². The fourth-order valence-electron chi connectivity index (χ4n) is 6.18. The molecular formula is C27H27N3O7. The van der Waals surface area contributed by atoms with Crippen molar-refractivity contribution in [3.63, 3.8) is 0 Å². The Morgan fingerprint density at radius 3 is 2.46 bits per heavy atom. The van der Waals surface area contributed by atoms with Crippen LogP contribution in [0, 0.1) is 18.8 Å². The number of aromatic nitrogens is 1. The van der Waals surface area contributed by atoms with Crippen molar-refractivity contribution in [1.82, 2.24) is 9.88 Å². The number of carbonyl (C=O) groups is 3. The van der Waals surface area contributed by atoms with Gasteiger partial charge in [-0.3, -0.25) is 24.3 Å². The van der Waals surface area contributed by atoms with Crippen LogP contribution in [0.4, 0.5) is 0 Å². The van der Waals surface area contributed by atoms with Gasteiger partial charge < -0.3 is 26.2 Å². The number of aryl methyl sites for hydroxylation is 1. The maximum Gasteiger partial charge on any atom is 0.255 e. The maximum absolute atomic E-state index is 13.9. The number of phenols is 1. The Labute approximate surface area is 212 Å². The Hall–Kier alpha value is -4.02. The van der Waals surface area contributed by atoms with E-state index in [9.17, 15) is 34.8 Å². The number of primary amides is 1. The van der Waals surface area contributed by atoms with Gasteiger partial charge in [0.05, 0.1) is 17.3 Å². The zero-order valence-corrected chi connectivity index (χ0v) is 20.5. The number of likely N-dealkylation sites (N-methyl/N-ethyl adjacent to an activating group) is 1. The molecule has 4 unspecified atom stereocenters. The summed E-state index contributed by atoms with van der Waals surface area (Å²) in [6.07, 6.45) is 0.232. The fraction of sp³-hybridized carbons (Fsp3) is 0.333. The molecule has 0 aliphatic heterocycles. The standard InChI is InChI=1S/C27H27N3O7/c1-11-5-4-6-16(29-11)13-7-8-17(31)19-14(13)9-12-10-15-21(30(2)3)23(33)20(26(28)36)25(35)27(15,37)24(34)18(12)22(19)32/h4-8,12,15,21,31-32,35,37H,9-10H2,1-3H3,(H2,28,36). The van der Waals surface area contributed by atoms with Gasteiger partial charge in [0.1, 0.15) is 22.8 Å². The van der Waals surface area contributed by atoms with E-state index in [4.69, 9.17) is 5.73 Å². The molecule has 4 atom stereocenters. The van der Waals surface area contributed by atoms with E-state index in [1.165, 1.54) is 11.0 Å². The molecule has 10 nitrogen and oxygen atoms in total. The molecule has 192 valence electrons. The number of nitrogens with two attached hydrogens (primary N) is 1. The first-order valence-electron chi connectivity index (χ1n) is 11.8. The summed E-state index contributed by atoms with van der Waals surface area (Å²) >= 11 is 0. The largest absolute Gasteiger partial charge is 0.508 e. The lowest BCUT2D eigenvalue weighted by molar-refractivity contribution is -0.153. The van der Waals surface area contributed by atoms with Crippen LogP contribution in [0.3, 0.4) is 0 Å². The molecule has 0 saturated heterocycles. The number of aromatic hydroxyl groups is 1. The van der Waals surface area contributed by atoms with Gasteiger partial charge in [-0.2, -0.15) is 0 Å². The highest BCUT2D eigenvalue weighted by molar-refractivity contribution is 6.24. The van der Waals surface area contributed by atoms with E-state index >= 15 is 0 Å². The molecular weight excluding hydrogens is 478 g/mol. The Bertz CT molecular complexity index is 1460. The zero-order chi connectivity index (χ0) is 27.0. The molecule has 1 heterocycles. The van der Waals surface area contributed by atoms with E-state index in [-0.39, 0.29) is 29.7 Å². The minimum absolute atomic E-state index is 0.0299. The summed E-state index contributed by atoms with van der Waals surface area (Å²) in [4.78, 5) is 45.1. The van der Waals surface area contributed by atoms with Crippen LogP contribution < -0.4 is 5.73 Å². The third-order valence-electron chi connectivity index (χ3n) is 7.77. The molecule has 0 spiro atoms. The third kappa shape index (κ3) is 3.32. The quantitative estimate of drug-likeness (QED) is 0.386. The molecule has 3 aliphatic carbocycles. The second-order valence-corrected chi connectivity index (χ2v) is 10.1. The molecule has 10 heteroatoms. The number of hydrogen-bond donors (Lipinski definition) is 5. The molecule has 5 rings (SSSR count). The summed E-state index contributed by atoms with van der Waals surface area (Å²) < 4.78 is 0. The molecule has 3 aliphatic rings. The maximum atomic E-state index is 13.9. The lowest BCUT2D eigenvalue weighted by Crippen LogP contribution is -2.65. The molecule has 1 fully saturated rings. The second-order valence-electron chi connectivity index (χ2n) is 10.1. The number of phenolic OH excluding ortho intramolecular Hbond substituents is 1. The summed E-state index contributed by atoms with van der Waals surface area (Å²) in [5.74, 6) is -6.75. The Kier molecular flexibility index (Phi) is 5.50. The number of ketones is 2. The van der Waals surface area contributed by atoms with Crippen molar-refractivity contribution < 1.29 is 34.8 Å². The van der Waals surface area contributed by atoms with Crippen molar-refractivity contribution in [1.29, 1.82) is 0 Å². The SMILES string of the molecule is Cc1cccc(-c2ccc(O)c3c2CC2CC4C(N(C)C)C(=O)C(C(N)=O)=C(O)C4(O)C(=O)C2=C3O)n1. The van der Waals surface area contributed by atoms with Crippen LogP contribution in [0.1, 0.15) is 23.2 Å². The van der Waals surface area contributed by atoms with E-state index in [0.717, 1.165) is 5.69 Å². The van der Waals surface area contributed by atoms with Crippen LogP contribution in [-0.4, -0.2) is 73.5 Å². The number of hydrogen-bond acceptors (Lipinski definition) is 9. The van der Waals surface area contributed by atoms with Gasteiger partial charge in [0.15, 0.2) is 11.4 Å². The molecule has 6 N–H and O–H groups in total. The molecule has 0 bridgehead atoms. The number of rotatable bonds is 3. The lowest BCUT2D eigenvalue weighted by Gasteiger charge is -2.50. The zero-order valence-electron chi connectivity index (χ0n) is 20.5. The van der Waals surface area contributed by atoms with E-state index in [2.05, 4.69) is 4.98 Å². The van der Waals surface area contributed by atoms with E-state index in [1.807, 2.05) is 19.1 Å². The number of carbonyl (C=O) groups excluding carboxylic acids is 3. The van der Waals surface area contributed by atoms with Crippen LogP contribution in [0.15, 0.2) is 47.2 Å². The highest BCUT2D eigenvalue weighted by Gasteiger charge is 2.64. The molecule has 1 aromatic heterocycles. The van der Waals surface area contributed by atoms with Crippen LogP contribution >= 0.6 is 0 Å². The second kappa shape index (κ2) is 8.25. The van der Waals surface area contributed by atoms with Crippen molar-refractivity contribution in [3.05, 3.63) is 64.1 Å². The normalized spacial score (nSPS) is 27.2. The van der Waals surface area contributed by atoms with Crippen molar-refractivity contribution in [3.8, 4) is 17.0 Å². The molecule has 2 aromatic rings. The highest BCUT2D eigenvalue weighted by Crippen LogP contribution is 2.53. The smallest absolute Gasteiger partial charge is 0.255 e. The van der Waals surface area contributed by atoms with Crippen LogP contribution in [0.2, 0.25) is 0 Å². The number of pyridine rings is 1.